The van der Waals surface area contributed by atoms with Crippen molar-refractivity contribution in [2.24, 2.45) is 0 Å². The van der Waals surface area contributed by atoms with Crippen molar-refractivity contribution < 1.29 is 29.0 Å². The van der Waals surface area contributed by atoms with Crippen LogP contribution in [-0.4, -0.2) is 38.2 Å². The minimum absolute atomic E-state index is 0.0170. The fraction of sp³-hybridized carbons (Fsp3) is 0.121. The Morgan fingerprint density at radius 3 is 2.12 bits per heavy atom. The second-order valence-corrected chi connectivity index (χ2v) is 9.88. The van der Waals surface area contributed by atoms with Crippen LogP contribution in [0.1, 0.15) is 44.3 Å². The Morgan fingerprint density at radius 1 is 0.762 bits per heavy atom. The van der Waals surface area contributed by atoms with Crippen molar-refractivity contribution in [1.82, 2.24) is 8.75 Å². The average Bonchev–Trinajstić information content (AvgIpc) is 3.49. The molecule has 5 aromatic rings. The van der Waals surface area contributed by atoms with Crippen LogP contribution in [0.3, 0.4) is 0 Å². The highest BCUT2D eigenvalue weighted by Gasteiger charge is 2.24. The van der Waals surface area contributed by atoms with Gasteiger partial charge in [-0.15, -0.1) is 0 Å². The smallest absolute Gasteiger partial charge is 0.338 e. The molecule has 5 rings (SSSR count). The van der Waals surface area contributed by atoms with E-state index in [-0.39, 0.29) is 24.2 Å². The molecule has 0 saturated heterocycles. The number of ether oxygens (including phenoxy) is 2. The van der Waals surface area contributed by atoms with Crippen LogP contribution in [0.2, 0.25) is 0 Å². The number of hydrogen-bond donors (Lipinski definition) is 1. The molecule has 0 saturated carbocycles. The standard InChI is InChI=1S/C33H26N2O6S/c1-2-40-33(39)24-10-8-21(9-11-24)18-27(30(32(37)38)25-14-17-28-29(19-25)35-42-34-28)31(36)23-12-15-26(16-13-23)41-20-22-6-4-3-5-7-22/h3-17,19H,2,18,20H2,1H3,(H,37,38)/b30-27+. The van der Waals surface area contributed by atoms with Crippen LogP contribution < -0.4 is 4.74 Å². The molecule has 42 heavy (non-hydrogen) atoms. The van der Waals surface area contributed by atoms with Crippen LogP contribution in [0.5, 0.6) is 5.75 Å². The predicted octanol–water partition coefficient (Wildman–Crippen LogP) is 6.41. The quantitative estimate of drug-likeness (QED) is 0.109. The molecule has 0 unspecified atom stereocenters. The molecule has 210 valence electrons. The molecule has 1 heterocycles. The highest BCUT2D eigenvalue weighted by molar-refractivity contribution is 7.00. The Morgan fingerprint density at radius 2 is 1.43 bits per heavy atom. The molecular weight excluding hydrogens is 552 g/mol. The summed E-state index contributed by atoms with van der Waals surface area (Å²) < 4.78 is 19.3. The van der Waals surface area contributed by atoms with Crippen molar-refractivity contribution in [3.8, 4) is 5.75 Å². The maximum absolute atomic E-state index is 14.0. The lowest BCUT2D eigenvalue weighted by Gasteiger charge is -2.14. The lowest BCUT2D eigenvalue weighted by atomic mass is 9.89. The monoisotopic (exact) mass is 578 g/mol. The zero-order valence-electron chi connectivity index (χ0n) is 22.7. The number of carboxylic acid groups (broad SMARTS) is 1. The number of esters is 1. The zero-order chi connectivity index (χ0) is 29.5. The summed E-state index contributed by atoms with van der Waals surface area (Å²) in [5.41, 5.74) is 3.83. The Balaban J connectivity index is 1.50. The number of aromatic nitrogens is 2. The average molecular weight is 579 g/mol. The minimum Gasteiger partial charge on any atom is -0.489 e. The van der Waals surface area contributed by atoms with Gasteiger partial charge in [-0.1, -0.05) is 48.5 Å². The molecule has 0 spiro atoms. The third kappa shape index (κ3) is 6.59. The van der Waals surface area contributed by atoms with Crippen molar-refractivity contribution in [3.05, 3.63) is 130 Å². The zero-order valence-corrected chi connectivity index (χ0v) is 23.5. The molecule has 0 aliphatic rings. The van der Waals surface area contributed by atoms with Gasteiger partial charge in [0, 0.05) is 17.6 Å². The van der Waals surface area contributed by atoms with E-state index in [0.29, 0.717) is 45.6 Å². The summed E-state index contributed by atoms with van der Waals surface area (Å²) in [7, 11) is 0. The number of allylic oxidation sites excluding steroid dienone is 1. The van der Waals surface area contributed by atoms with E-state index in [1.165, 1.54) is 0 Å². The van der Waals surface area contributed by atoms with Crippen LogP contribution in [-0.2, 0) is 22.6 Å². The first-order valence-electron chi connectivity index (χ1n) is 13.2. The summed E-state index contributed by atoms with van der Waals surface area (Å²) in [6.07, 6.45) is 0.0170. The van der Waals surface area contributed by atoms with E-state index in [4.69, 9.17) is 9.47 Å². The molecule has 8 nitrogen and oxygen atoms in total. The fourth-order valence-electron chi connectivity index (χ4n) is 4.44. The normalized spacial score (nSPS) is 11.5. The number of Topliss-reactive ketones (excluding diaryl/α,β-unsaturated/α-hetero) is 1. The molecule has 0 atom stereocenters. The fourth-order valence-corrected chi connectivity index (χ4v) is 4.96. The molecule has 1 N–H and O–H groups in total. The lowest BCUT2D eigenvalue weighted by molar-refractivity contribution is -0.130. The van der Waals surface area contributed by atoms with Crippen molar-refractivity contribution >= 4 is 46.1 Å². The van der Waals surface area contributed by atoms with Gasteiger partial charge in [-0.05, 0) is 72.1 Å². The predicted molar refractivity (Wildman–Crippen MR) is 160 cm³/mol. The van der Waals surface area contributed by atoms with Crippen LogP contribution in [0.25, 0.3) is 16.6 Å². The molecule has 9 heteroatoms. The van der Waals surface area contributed by atoms with Gasteiger partial charge >= 0.3 is 11.9 Å². The summed E-state index contributed by atoms with van der Waals surface area (Å²) in [6.45, 7) is 2.35. The number of nitrogens with zero attached hydrogens (tertiary/aromatic N) is 2. The van der Waals surface area contributed by atoms with Gasteiger partial charge in [-0.2, -0.15) is 8.75 Å². The van der Waals surface area contributed by atoms with Gasteiger partial charge in [0.1, 0.15) is 23.4 Å². The number of carbonyl (C=O) groups excluding carboxylic acids is 2. The Hall–Kier alpha value is -5.15. The van der Waals surface area contributed by atoms with E-state index in [9.17, 15) is 19.5 Å². The second kappa shape index (κ2) is 13.0. The number of carbonyl (C=O) groups is 3. The third-order valence-corrected chi connectivity index (χ3v) is 7.10. The summed E-state index contributed by atoms with van der Waals surface area (Å²) in [4.78, 5) is 38.8. The maximum atomic E-state index is 14.0. The summed E-state index contributed by atoms with van der Waals surface area (Å²) in [6, 6.07) is 27.9. The summed E-state index contributed by atoms with van der Waals surface area (Å²) >= 11 is 1.03. The first kappa shape index (κ1) is 28.4. The number of hydrogen-bond acceptors (Lipinski definition) is 8. The minimum atomic E-state index is -1.24. The van der Waals surface area contributed by atoms with Crippen LogP contribution in [0.4, 0.5) is 0 Å². The van der Waals surface area contributed by atoms with Crippen LogP contribution in [0, 0.1) is 0 Å². The highest BCUT2D eigenvalue weighted by Crippen LogP contribution is 2.28. The van der Waals surface area contributed by atoms with Crippen LogP contribution in [0.15, 0.2) is 103 Å². The molecule has 0 bridgehead atoms. The SMILES string of the molecule is CCOC(=O)c1ccc(C/C(C(=O)c2ccc(OCc3ccccc3)cc2)=C(\C(=O)O)c2ccc3nsnc3c2)cc1. The van der Waals surface area contributed by atoms with Crippen molar-refractivity contribution in [2.75, 3.05) is 6.61 Å². The van der Waals surface area contributed by atoms with E-state index in [0.717, 1.165) is 17.3 Å². The van der Waals surface area contributed by atoms with Crippen molar-refractivity contribution in [2.45, 2.75) is 20.0 Å². The Labute approximate surface area is 246 Å². The van der Waals surface area contributed by atoms with Gasteiger partial charge < -0.3 is 14.6 Å². The molecule has 4 aromatic carbocycles. The number of rotatable bonds is 11. The summed E-state index contributed by atoms with van der Waals surface area (Å²) in [5, 5.41) is 10.4. The van der Waals surface area contributed by atoms with Crippen molar-refractivity contribution in [3.63, 3.8) is 0 Å². The Bertz CT molecular complexity index is 1760. The largest absolute Gasteiger partial charge is 0.489 e. The second-order valence-electron chi connectivity index (χ2n) is 9.35. The topological polar surface area (TPSA) is 116 Å². The van der Waals surface area contributed by atoms with Gasteiger partial charge in [-0.25, -0.2) is 9.59 Å². The highest BCUT2D eigenvalue weighted by atomic mass is 32.1. The maximum Gasteiger partial charge on any atom is 0.338 e. The van der Waals surface area contributed by atoms with Crippen LogP contribution >= 0.6 is 11.7 Å². The molecular formula is C33H26N2O6S. The summed E-state index contributed by atoms with van der Waals surface area (Å²) in [5.74, 6) is -1.56. The van der Waals surface area contributed by atoms with E-state index in [1.807, 2.05) is 30.3 Å². The molecule has 0 aliphatic heterocycles. The number of ketones is 1. The Kier molecular flexibility index (Phi) is 8.79. The van der Waals surface area contributed by atoms with Gasteiger partial charge in [0.15, 0.2) is 5.78 Å². The van der Waals surface area contributed by atoms with Gasteiger partial charge in [0.05, 0.1) is 29.5 Å². The van der Waals surface area contributed by atoms with Gasteiger partial charge in [0.25, 0.3) is 0 Å². The third-order valence-electron chi connectivity index (χ3n) is 6.54. The molecule has 0 amide bonds. The number of fused-ring (bicyclic) bond motifs is 1. The van der Waals surface area contributed by atoms with Crippen molar-refractivity contribution in [1.29, 1.82) is 0 Å². The van der Waals surface area contributed by atoms with Gasteiger partial charge in [0.2, 0.25) is 0 Å². The first-order valence-corrected chi connectivity index (χ1v) is 13.9. The van der Waals surface area contributed by atoms with E-state index >= 15 is 0 Å². The van der Waals surface area contributed by atoms with E-state index in [1.54, 1.807) is 73.7 Å². The number of benzene rings is 4. The molecule has 0 fully saturated rings. The van der Waals surface area contributed by atoms with E-state index < -0.39 is 17.7 Å². The molecule has 0 radical (unpaired) electrons. The molecule has 0 aliphatic carbocycles. The number of aliphatic carboxylic acids is 1. The first-order chi connectivity index (χ1) is 20.4. The van der Waals surface area contributed by atoms with E-state index in [2.05, 4.69) is 8.75 Å². The van der Waals surface area contributed by atoms with Gasteiger partial charge in [-0.3, -0.25) is 4.79 Å². The lowest BCUT2D eigenvalue weighted by Crippen LogP contribution is -2.14. The molecule has 1 aromatic heterocycles. The number of carboxylic acids is 1.